The number of hydrogen-bond donors (Lipinski definition) is 0. The molecule has 4 saturated carbocycles. The number of alkyl halides is 1. The molecule has 0 aliphatic heterocycles. The third kappa shape index (κ3) is 3.48. The Morgan fingerprint density at radius 2 is 1.83 bits per heavy atom. The van der Waals surface area contributed by atoms with Crippen molar-refractivity contribution in [2.75, 3.05) is 7.11 Å². The molecule has 4 aliphatic carbocycles. The maximum atomic E-state index is 13.2. The Labute approximate surface area is 181 Å². The number of carbonyl (C=O) groups is 2. The van der Waals surface area contributed by atoms with E-state index in [1.165, 1.54) is 32.8 Å². The minimum absolute atomic E-state index is 0.0907. The topological polar surface area (TPSA) is 43.4 Å². The molecule has 0 radical (unpaired) electrons. The van der Waals surface area contributed by atoms with Gasteiger partial charge in [0.2, 0.25) is 0 Å². The Kier molecular flexibility index (Phi) is 5.86. The van der Waals surface area contributed by atoms with Gasteiger partial charge in [0.25, 0.3) is 0 Å². The van der Waals surface area contributed by atoms with Crippen molar-refractivity contribution in [2.24, 2.45) is 46.3 Å². The van der Waals surface area contributed by atoms with E-state index >= 15 is 0 Å². The molecule has 9 atom stereocenters. The number of ketones is 1. The van der Waals surface area contributed by atoms with Crippen LogP contribution >= 0.6 is 11.6 Å². The van der Waals surface area contributed by atoms with Crippen LogP contribution in [0.1, 0.15) is 85.0 Å². The van der Waals surface area contributed by atoms with Gasteiger partial charge in [0.05, 0.1) is 7.11 Å². The molecule has 0 N–H and O–H groups in total. The third-order valence-electron chi connectivity index (χ3n) is 10.2. The van der Waals surface area contributed by atoms with Crippen molar-refractivity contribution in [3.63, 3.8) is 0 Å². The third-order valence-corrected chi connectivity index (χ3v) is 10.6. The molecule has 0 bridgehead atoms. The fourth-order valence-electron chi connectivity index (χ4n) is 8.62. The van der Waals surface area contributed by atoms with Crippen molar-refractivity contribution in [1.82, 2.24) is 0 Å². The number of esters is 1. The summed E-state index contributed by atoms with van der Waals surface area (Å²) >= 11 is 6.48. The molecule has 164 valence electrons. The number of rotatable bonds is 4. The number of methoxy groups -OCH3 is 1. The highest BCUT2D eigenvalue weighted by molar-refractivity contribution is 6.20. The molecule has 4 rings (SSSR count). The molecule has 29 heavy (non-hydrogen) atoms. The smallest absolute Gasteiger partial charge is 0.305 e. The number of Topliss-reactive ketones (excluding diaryl/α,β-unsaturated/α-hetero) is 1. The quantitative estimate of drug-likeness (QED) is 0.410. The highest BCUT2D eigenvalue weighted by Gasteiger charge is 2.62. The van der Waals surface area contributed by atoms with E-state index < -0.39 is 0 Å². The summed E-state index contributed by atoms with van der Waals surface area (Å²) < 4.78 is 4.86. The predicted molar refractivity (Wildman–Crippen MR) is 116 cm³/mol. The first-order chi connectivity index (χ1) is 13.7. The molecule has 0 spiro atoms. The van der Waals surface area contributed by atoms with Crippen LogP contribution < -0.4 is 0 Å². The monoisotopic (exact) mass is 422 g/mol. The molecular weight excluding hydrogens is 384 g/mol. The van der Waals surface area contributed by atoms with E-state index in [9.17, 15) is 9.59 Å². The van der Waals surface area contributed by atoms with Crippen molar-refractivity contribution < 1.29 is 14.3 Å². The first-order valence-electron chi connectivity index (χ1n) is 11.9. The number of carbonyl (C=O) groups excluding carboxylic acids is 2. The highest BCUT2D eigenvalue weighted by atomic mass is 35.5. The van der Waals surface area contributed by atoms with Gasteiger partial charge in [0.15, 0.2) is 0 Å². The van der Waals surface area contributed by atoms with Gasteiger partial charge in [0.1, 0.15) is 5.78 Å². The summed E-state index contributed by atoms with van der Waals surface area (Å²) in [7, 11) is 1.48. The molecule has 0 aromatic heterocycles. The fourth-order valence-corrected chi connectivity index (χ4v) is 8.90. The van der Waals surface area contributed by atoms with Gasteiger partial charge in [-0.3, -0.25) is 9.59 Å². The number of fused-ring (bicyclic) bond motifs is 5. The molecule has 3 nitrogen and oxygen atoms in total. The molecular formula is C25H39ClO3. The fraction of sp³-hybridized carbons (Fsp3) is 0.920. The average molecular weight is 423 g/mol. The van der Waals surface area contributed by atoms with Gasteiger partial charge in [-0.05, 0) is 91.8 Å². The second-order valence-electron chi connectivity index (χ2n) is 11.3. The summed E-state index contributed by atoms with van der Waals surface area (Å²) in [6.45, 7) is 7.26. The second kappa shape index (κ2) is 7.84. The van der Waals surface area contributed by atoms with Gasteiger partial charge in [-0.25, -0.2) is 0 Å². The van der Waals surface area contributed by atoms with Crippen LogP contribution in [0.15, 0.2) is 0 Å². The van der Waals surface area contributed by atoms with Crippen LogP contribution in [-0.2, 0) is 14.3 Å². The van der Waals surface area contributed by atoms with Gasteiger partial charge >= 0.3 is 5.97 Å². The highest BCUT2D eigenvalue weighted by Crippen LogP contribution is 2.68. The predicted octanol–water partition coefficient (Wildman–Crippen LogP) is 6.02. The molecule has 0 unspecified atom stereocenters. The van der Waals surface area contributed by atoms with Crippen molar-refractivity contribution in [2.45, 2.75) is 90.4 Å². The minimum atomic E-state index is -0.0907. The lowest BCUT2D eigenvalue weighted by atomic mass is 9.44. The van der Waals surface area contributed by atoms with Crippen LogP contribution in [-0.4, -0.2) is 24.2 Å². The van der Waals surface area contributed by atoms with Crippen LogP contribution in [0, 0.1) is 46.3 Å². The standard InChI is InChI=1S/C25H39ClO3/c1-15(5-8-23(28)29-4)18-6-7-19-17-14-22(27)21-13-16(26)9-11-25(21,3)20(17)10-12-24(18,19)2/h15-21H,5-14H2,1-4H3/t15-,16+,17+,18-,19+,20+,21-,24-,25-/m1/s1. The number of ether oxygens (including phenoxy) is 1. The Balaban J connectivity index is 1.52. The van der Waals surface area contributed by atoms with Crippen LogP contribution in [0.4, 0.5) is 0 Å². The number of halogens is 1. The lowest BCUT2D eigenvalue weighted by Crippen LogP contribution is -2.56. The lowest BCUT2D eigenvalue weighted by molar-refractivity contribution is -0.154. The maximum absolute atomic E-state index is 13.2. The van der Waals surface area contributed by atoms with E-state index in [0.717, 1.165) is 32.1 Å². The summed E-state index contributed by atoms with van der Waals surface area (Å²) in [5.41, 5.74) is 0.491. The molecule has 0 saturated heterocycles. The average Bonchev–Trinajstić information content (AvgIpc) is 3.05. The lowest BCUT2D eigenvalue weighted by Gasteiger charge is -2.60. The van der Waals surface area contributed by atoms with Crippen LogP contribution in [0.5, 0.6) is 0 Å². The Bertz CT molecular complexity index is 662. The van der Waals surface area contributed by atoms with Gasteiger partial charge in [-0.15, -0.1) is 11.6 Å². The van der Waals surface area contributed by atoms with E-state index in [1.807, 2.05) is 0 Å². The Hall–Kier alpha value is -0.570. The van der Waals surface area contributed by atoms with E-state index in [0.29, 0.717) is 47.2 Å². The first kappa shape index (κ1) is 21.7. The minimum Gasteiger partial charge on any atom is -0.469 e. The van der Waals surface area contributed by atoms with Gasteiger partial charge < -0.3 is 4.74 Å². The van der Waals surface area contributed by atoms with Crippen molar-refractivity contribution in [1.29, 1.82) is 0 Å². The molecule has 0 aromatic rings. The van der Waals surface area contributed by atoms with E-state index in [2.05, 4.69) is 20.8 Å². The van der Waals surface area contributed by atoms with Gasteiger partial charge in [0, 0.05) is 24.1 Å². The summed E-state index contributed by atoms with van der Waals surface area (Å²) in [5, 5.41) is 0.189. The van der Waals surface area contributed by atoms with Gasteiger partial charge in [-0.2, -0.15) is 0 Å². The number of hydrogen-bond acceptors (Lipinski definition) is 3. The molecule has 4 fully saturated rings. The van der Waals surface area contributed by atoms with Crippen molar-refractivity contribution >= 4 is 23.4 Å². The molecule has 4 heteroatoms. The molecule has 0 heterocycles. The first-order valence-corrected chi connectivity index (χ1v) is 12.4. The largest absolute Gasteiger partial charge is 0.469 e. The molecule has 0 amide bonds. The summed E-state index contributed by atoms with van der Waals surface area (Å²) in [6, 6.07) is 0. The van der Waals surface area contributed by atoms with Gasteiger partial charge in [-0.1, -0.05) is 20.8 Å². The summed E-state index contributed by atoms with van der Waals surface area (Å²) in [6.07, 6.45) is 10.4. The zero-order valence-electron chi connectivity index (χ0n) is 18.7. The van der Waals surface area contributed by atoms with Crippen LogP contribution in [0.3, 0.4) is 0 Å². The normalized spacial score (nSPS) is 47.7. The Morgan fingerprint density at radius 3 is 2.55 bits per heavy atom. The zero-order valence-corrected chi connectivity index (χ0v) is 19.5. The Morgan fingerprint density at radius 1 is 1.14 bits per heavy atom. The summed E-state index contributed by atoms with van der Waals surface area (Å²) in [5.74, 6) is 3.73. The zero-order chi connectivity index (χ0) is 21.0. The SMILES string of the molecule is COC(=O)CC[C@@H](C)[C@H]1CC[C@H]2[C@@H]3CC(=O)[C@H]4C[C@@H](Cl)CC[C@]4(C)[C@H]3CC[C@]12C. The van der Waals surface area contributed by atoms with Crippen molar-refractivity contribution in [3.8, 4) is 0 Å². The van der Waals surface area contributed by atoms with E-state index in [4.69, 9.17) is 16.3 Å². The van der Waals surface area contributed by atoms with Crippen molar-refractivity contribution in [3.05, 3.63) is 0 Å². The van der Waals surface area contributed by atoms with E-state index in [1.54, 1.807) is 0 Å². The second-order valence-corrected chi connectivity index (χ2v) is 11.9. The maximum Gasteiger partial charge on any atom is 0.305 e. The molecule has 0 aromatic carbocycles. The van der Waals surface area contributed by atoms with E-state index in [-0.39, 0.29) is 22.7 Å². The summed E-state index contributed by atoms with van der Waals surface area (Å²) in [4.78, 5) is 24.9. The molecule has 4 aliphatic rings. The van der Waals surface area contributed by atoms with Crippen LogP contribution in [0.25, 0.3) is 0 Å². The van der Waals surface area contributed by atoms with Crippen LogP contribution in [0.2, 0.25) is 0 Å².